The molecule has 1 aliphatic rings. The average molecular weight is 590 g/mol. The lowest BCUT2D eigenvalue weighted by atomic mass is 10.1. The first-order valence-electron chi connectivity index (χ1n) is 14.6. The van der Waals surface area contributed by atoms with Crippen LogP contribution in [0.15, 0.2) is 78.9 Å². The molecule has 1 aliphatic heterocycles. The second-order valence-corrected chi connectivity index (χ2v) is 11.7. The number of hydrogen-bond acceptors (Lipinski definition) is 7. The molecular weight excluding hydrogens is 546 g/mol. The summed E-state index contributed by atoms with van der Waals surface area (Å²) in [7, 11) is 3.30. The quantitative estimate of drug-likeness (QED) is 0.289. The van der Waals surface area contributed by atoms with Crippen LogP contribution < -0.4 is 9.47 Å². The Morgan fingerprint density at radius 1 is 0.767 bits per heavy atom. The highest BCUT2D eigenvalue weighted by molar-refractivity contribution is 5.71. The Balaban J connectivity index is 1.55. The van der Waals surface area contributed by atoms with E-state index in [0.29, 0.717) is 39.3 Å². The van der Waals surface area contributed by atoms with E-state index in [1.165, 1.54) is 0 Å². The van der Waals surface area contributed by atoms with Crippen LogP contribution in [-0.4, -0.2) is 78.9 Å². The molecule has 4 rings (SSSR count). The van der Waals surface area contributed by atoms with Gasteiger partial charge in [0.1, 0.15) is 23.7 Å². The number of benzene rings is 3. The summed E-state index contributed by atoms with van der Waals surface area (Å²) in [4.78, 5) is 32.2. The Labute approximate surface area is 254 Å². The van der Waals surface area contributed by atoms with Crippen molar-refractivity contribution in [1.29, 1.82) is 0 Å². The van der Waals surface area contributed by atoms with Crippen molar-refractivity contribution in [3.63, 3.8) is 0 Å². The second-order valence-electron chi connectivity index (χ2n) is 11.7. The van der Waals surface area contributed by atoms with Crippen molar-refractivity contribution in [3.05, 3.63) is 95.6 Å². The fraction of sp³-hybridized carbons (Fsp3) is 0.412. The van der Waals surface area contributed by atoms with Crippen LogP contribution in [0.5, 0.6) is 11.5 Å². The molecule has 43 heavy (non-hydrogen) atoms. The highest BCUT2D eigenvalue weighted by Gasteiger charge is 2.36. The van der Waals surface area contributed by atoms with Crippen LogP contribution in [0, 0.1) is 0 Å². The van der Waals surface area contributed by atoms with Crippen LogP contribution in [0.1, 0.15) is 37.5 Å². The molecule has 0 spiro atoms. The number of nitrogens with zero attached hydrogens (tertiary/aromatic N) is 3. The van der Waals surface area contributed by atoms with Gasteiger partial charge in [0.05, 0.1) is 20.3 Å². The van der Waals surface area contributed by atoms with E-state index < -0.39 is 11.7 Å². The highest BCUT2D eigenvalue weighted by Crippen LogP contribution is 2.22. The lowest BCUT2D eigenvalue weighted by Crippen LogP contribution is -2.60. The molecule has 3 aromatic carbocycles. The molecule has 0 bridgehead atoms. The van der Waals surface area contributed by atoms with Crippen molar-refractivity contribution in [2.45, 2.75) is 52.1 Å². The second kappa shape index (κ2) is 14.8. The predicted molar refractivity (Wildman–Crippen MR) is 165 cm³/mol. The summed E-state index contributed by atoms with van der Waals surface area (Å²) in [6, 6.07) is 25.2. The Morgan fingerprint density at radius 2 is 1.33 bits per heavy atom. The van der Waals surface area contributed by atoms with Crippen molar-refractivity contribution in [2.24, 2.45) is 0 Å². The van der Waals surface area contributed by atoms with Gasteiger partial charge in [0.15, 0.2) is 0 Å². The number of piperazine rings is 1. The summed E-state index contributed by atoms with van der Waals surface area (Å²) in [6.07, 6.45) is -0.779. The van der Waals surface area contributed by atoms with Gasteiger partial charge in [-0.05, 0) is 61.7 Å². The first-order chi connectivity index (χ1) is 20.6. The van der Waals surface area contributed by atoms with Crippen LogP contribution in [-0.2, 0) is 29.2 Å². The Morgan fingerprint density at radius 3 is 1.84 bits per heavy atom. The minimum Gasteiger partial charge on any atom is -0.497 e. The molecule has 230 valence electrons. The van der Waals surface area contributed by atoms with Gasteiger partial charge in [0.2, 0.25) is 0 Å². The van der Waals surface area contributed by atoms with Gasteiger partial charge in [-0.25, -0.2) is 9.59 Å². The summed E-state index contributed by atoms with van der Waals surface area (Å²) in [5.74, 6) is 1.58. The van der Waals surface area contributed by atoms with E-state index in [2.05, 4.69) is 4.90 Å². The highest BCUT2D eigenvalue weighted by atomic mass is 16.6. The van der Waals surface area contributed by atoms with Crippen molar-refractivity contribution in [2.75, 3.05) is 40.4 Å². The summed E-state index contributed by atoms with van der Waals surface area (Å²) in [5.41, 5.74) is 2.49. The van der Waals surface area contributed by atoms with Crippen molar-refractivity contribution >= 4 is 12.2 Å². The molecule has 2 amide bonds. The van der Waals surface area contributed by atoms with E-state index in [9.17, 15) is 9.59 Å². The van der Waals surface area contributed by atoms with Crippen molar-refractivity contribution in [1.82, 2.24) is 14.7 Å². The standard InChI is InChI=1S/C34H43N3O6/c1-34(2,3)43-33(39)37-20-19-36(32(38)42-25-28-9-7-6-8-10-28)24-29(37)23-35(21-26-11-15-30(40-4)16-12-26)22-27-13-17-31(41-5)18-14-27/h6-18,29H,19-25H2,1-5H3. The fourth-order valence-corrected chi connectivity index (χ4v) is 5.01. The third kappa shape index (κ3) is 9.64. The number of amides is 2. The van der Waals surface area contributed by atoms with E-state index in [0.717, 1.165) is 28.2 Å². The number of hydrogen-bond donors (Lipinski definition) is 0. The van der Waals surface area contributed by atoms with E-state index in [-0.39, 0.29) is 18.7 Å². The molecule has 1 heterocycles. The topological polar surface area (TPSA) is 80.8 Å². The number of methoxy groups -OCH3 is 2. The van der Waals surface area contributed by atoms with E-state index in [4.69, 9.17) is 18.9 Å². The lowest BCUT2D eigenvalue weighted by Gasteiger charge is -2.43. The SMILES string of the molecule is COc1ccc(CN(Cc2ccc(OC)cc2)CC2CN(C(=O)OCc3ccccc3)CCN2C(=O)OC(C)(C)C)cc1. The molecule has 0 aromatic heterocycles. The zero-order valence-corrected chi connectivity index (χ0v) is 25.8. The van der Waals surface area contributed by atoms with Crippen LogP contribution in [0.25, 0.3) is 0 Å². The molecule has 1 unspecified atom stereocenters. The third-order valence-corrected chi connectivity index (χ3v) is 7.17. The van der Waals surface area contributed by atoms with Gasteiger partial charge >= 0.3 is 12.2 Å². The molecule has 1 saturated heterocycles. The number of rotatable bonds is 10. The van der Waals surface area contributed by atoms with E-state index in [1.54, 1.807) is 24.0 Å². The molecule has 9 nitrogen and oxygen atoms in total. The van der Waals surface area contributed by atoms with Gasteiger partial charge < -0.3 is 28.7 Å². The van der Waals surface area contributed by atoms with Gasteiger partial charge in [-0.2, -0.15) is 0 Å². The number of ether oxygens (including phenoxy) is 4. The maximum Gasteiger partial charge on any atom is 0.410 e. The van der Waals surface area contributed by atoms with E-state index in [1.807, 2.05) is 99.6 Å². The van der Waals surface area contributed by atoms with E-state index >= 15 is 0 Å². The van der Waals surface area contributed by atoms with Gasteiger partial charge in [-0.1, -0.05) is 54.6 Å². The summed E-state index contributed by atoms with van der Waals surface area (Å²) >= 11 is 0. The van der Waals surface area contributed by atoms with Gasteiger partial charge in [0, 0.05) is 39.3 Å². The first-order valence-corrected chi connectivity index (χ1v) is 14.6. The fourth-order valence-electron chi connectivity index (χ4n) is 5.01. The van der Waals surface area contributed by atoms with Crippen LogP contribution >= 0.6 is 0 Å². The lowest BCUT2D eigenvalue weighted by molar-refractivity contribution is -0.00978. The zero-order valence-electron chi connectivity index (χ0n) is 25.8. The third-order valence-electron chi connectivity index (χ3n) is 7.17. The van der Waals surface area contributed by atoms with Crippen LogP contribution in [0.3, 0.4) is 0 Å². The molecule has 0 radical (unpaired) electrons. The minimum absolute atomic E-state index is 0.192. The smallest absolute Gasteiger partial charge is 0.410 e. The zero-order chi connectivity index (χ0) is 30.8. The van der Waals surface area contributed by atoms with Crippen LogP contribution in [0.2, 0.25) is 0 Å². The Bertz CT molecular complexity index is 1260. The van der Waals surface area contributed by atoms with Crippen molar-refractivity contribution in [3.8, 4) is 11.5 Å². The molecule has 1 fully saturated rings. The van der Waals surface area contributed by atoms with Crippen LogP contribution in [0.4, 0.5) is 9.59 Å². The van der Waals surface area contributed by atoms with Gasteiger partial charge in [0.25, 0.3) is 0 Å². The minimum atomic E-state index is -0.640. The van der Waals surface area contributed by atoms with Gasteiger partial charge in [-0.3, -0.25) is 4.90 Å². The average Bonchev–Trinajstić information content (AvgIpc) is 3.00. The summed E-state index contributed by atoms with van der Waals surface area (Å²) in [5, 5.41) is 0. The summed E-state index contributed by atoms with van der Waals surface area (Å²) < 4.78 is 22.1. The first kappa shape index (κ1) is 31.7. The Kier molecular flexibility index (Phi) is 10.9. The molecular formula is C34H43N3O6. The normalized spacial score (nSPS) is 15.3. The molecule has 0 aliphatic carbocycles. The number of carbonyl (C=O) groups is 2. The molecule has 1 atom stereocenters. The summed E-state index contributed by atoms with van der Waals surface area (Å²) in [6.45, 7) is 8.58. The molecule has 0 N–H and O–H groups in total. The monoisotopic (exact) mass is 589 g/mol. The maximum absolute atomic E-state index is 13.4. The molecule has 0 saturated carbocycles. The molecule has 3 aromatic rings. The van der Waals surface area contributed by atoms with Crippen molar-refractivity contribution < 1.29 is 28.5 Å². The Hall–Kier alpha value is -4.24. The number of carbonyl (C=O) groups excluding carboxylic acids is 2. The maximum atomic E-state index is 13.4. The largest absolute Gasteiger partial charge is 0.497 e. The molecule has 9 heteroatoms. The predicted octanol–water partition coefficient (Wildman–Crippen LogP) is 5.96. The van der Waals surface area contributed by atoms with Gasteiger partial charge in [-0.15, -0.1) is 0 Å².